The first-order chi connectivity index (χ1) is 9.69. The van der Waals surface area contributed by atoms with E-state index in [4.69, 9.17) is 5.73 Å². The van der Waals surface area contributed by atoms with Crippen molar-refractivity contribution in [3.63, 3.8) is 0 Å². The molecular weight excluding hydrogens is 248 g/mol. The number of hydrogen-bond acceptors (Lipinski definition) is 3. The lowest BCUT2D eigenvalue weighted by Gasteiger charge is -2.26. The van der Waals surface area contributed by atoms with Gasteiger partial charge in [-0.2, -0.15) is 5.10 Å². The number of unbranched alkanes of at least 4 members (excludes halogenated alkanes) is 1. The van der Waals surface area contributed by atoms with Crippen LogP contribution in [-0.2, 0) is 13.6 Å². The van der Waals surface area contributed by atoms with Crippen LogP contribution in [0, 0.1) is 6.92 Å². The maximum atomic E-state index is 5.93. The number of nitrogens with two attached hydrogens (primary N) is 1. The van der Waals surface area contributed by atoms with Crippen LogP contribution in [0.4, 0.5) is 11.5 Å². The van der Waals surface area contributed by atoms with Crippen LogP contribution in [-0.4, -0.2) is 16.3 Å². The first-order valence-corrected chi connectivity index (χ1v) is 7.24. The summed E-state index contributed by atoms with van der Waals surface area (Å²) in [7, 11) is 1.99. The number of nitrogens with zero attached hydrogens (tertiary/aromatic N) is 3. The fourth-order valence-electron chi connectivity index (χ4n) is 2.55. The summed E-state index contributed by atoms with van der Waals surface area (Å²) >= 11 is 0. The minimum Gasteiger partial charge on any atom is -0.326 e. The van der Waals surface area contributed by atoms with Gasteiger partial charge in [0.05, 0.1) is 5.69 Å². The molecule has 4 heteroatoms. The van der Waals surface area contributed by atoms with Gasteiger partial charge in [0.2, 0.25) is 0 Å². The van der Waals surface area contributed by atoms with Crippen molar-refractivity contribution >= 4 is 11.5 Å². The number of hydrogen-bond donors (Lipinski definition) is 1. The highest BCUT2D eigenvalue weighted by Gasteiger charge is 2.19. The predicted octanol–water partition coefficient (Wildman–Crippen LogP) is 3.13. The van der Waals surface area contributed by atoms with Gasteiger partial charge in [-0.25, -0.2) is 0 Å². The Kier molecular flexibility index (Phi) is 4.79. The maximum Gasteiger partial charge on any atom is 0.135 e. The molecule has 0 saturated carbocycles. The molecule has 0 unspecified atom stereocenters. The molecule has 20 heavy (non-hydrogen) atoms. The number of anilines is 2. The van der Waals surface area contributed by atoms with E-state index in [1.165, 1.54) is 5.69 Å². The van der Waals surface area contributed by atoms with Crippen molar-refractivity contribution in [2.75, 3.05) is 11.4 Å². The molecule has 0 aliphatic heterocycles. The van der Waals surface area contributed by atoms with Crippen LogP contribution >= 0.6 is 0 Å². The molecule has 0 aliphatic carbocycles. The molecular formula is C16H24N4. The van der Waals surface area contributed by atoms with Crippen LogP contribution in [0.2, 0.25) is 0 Å². The van der Waals surface area contributed by atoms with Gasteiger partial charge in [-0.1, -0.05) is 31.5 Å². The second-order valence-corrected chi connectivity index (χ2v) is 5.06. The Hall–Kier alpha value is -1.81. The summed E-state index contributed by atoms with van der Waals surface area (Å²) in [6.07, 6.45) is 2.31. The molecule has 0 spiro atoms. The van der Waals surface area contributed by atoms with Gasteiger partial charge < -0.3 is 10.6 Å². The van der Waals surface area contributed by atoms with Gasteiger partial charge in [-0.15, -0.1) is 0 Å². The Morgan fingerprint density at radius 2 is 1.95 bits per heavy atom. The molecule has 0 aliphatic rings. The second kappa shape index (κ2) is 6.57. The zero-order valence-electron chi connectivity index (χ0n) is 12.6. The Labute approximate surface area is 121 Å². The zero-order valence-corrected chi connectivity index (χ0v) is 12.6. The van der Waals surface area contributed by atoms with Gasteiger partial charge >= 0.3 is 0 Å². The number of rotatable bonds is 6. The second-order valence-electron chi connectivity index (χ2n) is 5.06. The smallest absolute Gasteiger partial charge is 0.135 e. The summed E-state index contributed by atoms with van der Waals surface area (Å²) in [6.45, 7) is 5.73. The molecule has 0 amide bonds. The van der Waals surface area contributed by atoms with Crippen LogP contribution in [0.5, 0.6) is 0 Å². The average molecular weight is 272 g/mol. The fourth-order valence-corrected chi connectivity index (χ4v) is 2.55. The topological polar surface area (TPSA) is 47.1 Å². The van der Waals surface area contributed by atoms with E-state index < -0.39 is 0 Å². The normalized spacial score (nSPS) is 10.8. The molecule has 0 saturated heterocycles. The van der Waals surface area contributed by atoms with Gasteiger partial charge in [-0.3, -0.25) is 4.68 Å². The van der Waals surface area contributed by atoms with Gasteiger partial charge in [-0.05, 0) is 25.5 Å². The lowest BCUT2D eigenvalue weighted by molar-refractivity contribution is 0.715. The average Bonchev–Trinajstić information content (AvgIpc) is 2.75. The molecule has 1 heterocycles. The highest BCUT2D eigenvalue weighted by atomic mass is 15.4. The molecule has 4 nitrogen and oxygen atoms in total. The third kappa shape index (κ3) is 2.85. The number of benzene rings is 1. The van der Waals surface area contributed by atoms with Crippen LogP contribution in [0.3, 0.4) is 0 Å². The number of para-hydroxylation sites is 1. The number of aryl methyl sites for hydroxylation is 2. The molecule has 108 valence electrons. The SMILES string of the molecule is CCCCN(c1ccccc1)c1c(CN)c(C)nn1C. The van der Waals surface area contributed by atoms with Crippen molar-refractivity contribution in [2.24, 2.45) is 12.8 Å². The first kappa shape index (κ1) is 14.6. The summed E-state index contributed by atoms with van der Waals surface area (Å²) in [6, 6.07) is 10.5. The summed E-state index contributed by atoms with van der Waals surface area (Å²) in [5, 5.41) is 4.53. The molecule has 0 radical (unpaired) electrons. The Balaban J connectivity index is 2.46. The molecule has 2 N–H and O–H groups in total. The van der Waals surface area contributed by atoms with Gasteiger partial charge in [0.15, 0.2) is 0 Å². The maximum absolute atomic E-state index is 5.93. The Bertz CT molecular complexity index is 545. The summed E-state index contributed by atoms with van der Waals surface area (Å²) in [5.74, 6) is 1.12. The Morgan fingerprint density at radius 3 is 2.55 bits per heavy atom. The van der Waals surface area contributed by atoms with Crippen LogP contribution in [0.1, 0.15) is 31.0 Å². The van der Waals surface area contributed by atoms with E-state index in [1.54, 1.807) is 0 Å². The van der Waals surface area contributed by atoms with Gasteiger partial charge in [0, 0.05) is 31.4 Å². The van der Waals surface area contributed by atoms with E-state index in [-0.39, 0.29) is 0 Å². The van der Waals surface area contributed by atoms with E-state index in [0.29, 0.717) is 6.54 Å². The summed E-state index contributed by atoms with van der Waals surface area (Å²) in [4.78, 5) is 2.33. The zero-order chi connectivity index (χ0) is 14.5. The quantitative estimate of drug-likeness (QED) is 0.879. The van der Waals surface area contributed by atoms with Crippen molar-refractivity contribution in [3.05, 3.63) is 41.6 Å². The van der Waals surface area contributed by atoms with E-state index in [9.17, 15) is 0 Å². The molecule has 0 fully saturated rings. The summed E-state index contributed by atoms with van der Waals surface area (Å²) < 4.78 is 1.94. The fraction of sp³-hybridized carbons (Fsp3) is 0.438. The standard InChI is InChI=1S/C16H24N4/c1-4-5-11-20(14-9-7-6-8-10-14)16-15(12-17)13(2)18-19(16)3/h6-10H,4-5,11-12,17H2,1-3H3. The van der Waals surface area contributed by atoms with Crippen molar-refractivity contribution in [1.82, 2.24) is 9.78 Å². The van der Waals surface area contributed by atoms with Crippen LogP contribution in [0.15, 0.2) is 30.3 Å². The third-order valence-electron chi connectivity index (χ3n) is 3.58. The molecule has 1 aromatic carbocycles. The van der Waals surface area contributed by atoms with Crippen molar-refractivity contribution in [2.45, 2.75) is 33.2 Å². The molecule has 0 atom stereocenters. The van der Waals surface area contributed by atoms with Gasteiger partial charge in [0.25, 0.3) is 0 Å². The van der Waals surface area contributed by atoms with Crippen molar-refractivity contribution in [1.29, 1.82) is 0 Å². The van der Waals surface area contributed by atoms with E-state index in [0.717, 1.165) is 36.5 Å². The molecule has 1 aromatic heterocycles. The van der Waals surface area contributed by atoms with Gasteiger partial charge in [0.1, 0.15) is 5.82 Å². The van der Waals surface area contributed by atoms with E-state index in [1.807, 2.05) is 24.7 Å². The predicted molar refractivity (Wildman–Crippen MR) is 84.2 cm³/mol. The van der Waals surface area contributed by atoms with Crippen molar-refractivity contribution < 1.29 is 0 Å². The minimum atomic E-state index is 0.518. The molecule has 0 bridgehead atoms. The lowest BCUT2D eigenvalue weighted by atomic mass is 10.2. The van der Waals surface area contributed by atoms with E-state index >= 15 is 0 Å². The number of aromatic nitrogens is 2. The molecule has 2 rings (SSSR count). The van der Waals surface area contributed by atoms with Crippen molar-refractivity contribution in [3.8, 4) is 0 Å². The first-order valence-electron chi connectivity index (χ1n) is 7.24. The largest absolute Gasteiger partial charge is 0.326 e. The van der Waals surface area contributed by atoms with Crippen LogP contribution in [0.25, 0.3) is 0 Å². The minimum absolute atomic E-state index is 0.518. The van der Waals surface area contributed by atoms with E-state index in [2.05, 4.69) is 41.2 Å². The highest BCUT2D eigenvalue weighted by Crippen LogP contribution is 2.30. The van der Waals surface area contributed by atoms with Crippen LogP contribution < -0.4 is 10.6 Å². The third-order valence-corrected chi connectivity index (χ3v) is 3.58. The summed E-state index contributed by atoms with van der Waals surface area (Å²) in [5.41, 5.74) is 9.27. The monoisotopic (exact) mass is 272 g/mol. The highest BCUT2D eigenvalue weighted by molar-refractivity contribution is 5.64. The Morgan fingerprint density at radius 1 is 1.25 bits per heavy atom. The lowest BCUT2D eigenvalue weighted by Crippen LogP contribution is -2.22. The molecule has 2 aromatic rings.